The van der Waals surface area contributed by atoms with Gasteiger partial charge in [0.25, 0.3) is 10.0 Å². The fraction of sp³-hybridized carbons (Fsp3) is 0.0667. The van der Waals surface area contributed by atoms with E-state index >= 15 is 0 Å². The fourth-order valence-corrected chi connectivity index (χ4v) is 3.41. The lowest BCUT2D eigenvalue weighted by Gasteiger charge is -2.12. The van der Waals surface area contributed by atoms with Gasteiger partial charge >= 0.3 is 5.97 Å². The van der Waals surface area contributed by atoms with Crippen molar-refractivity contribution in [3.8, 4) is 0 Å². The topological polar surface area (TPSA) is 113 Å². The maximum absolute atomic E-state index is 12.4. The first-order chi connectivity index (χ1) is 11.6. The molecule has 3 N–H and O–H groups in total. The van der Waals surface area contributed by atoms with E-state index in [4.69, 9.17) is 28.3 Å². The molecule has 0 fully saturated rings. The third kappa shape index (κ3) is 4.62. The Kier molecular flexibility index (Phi) is 5.56. The number of halogens is 2. The molecule has 2 rings (SSSR count). The van der Waals surface area contributed by atoms with E-state index in [0.717, 1.165) is 12.1 Å². The molecule has 2 aromatic carbocycles. The first kappa shape index (κ1) is 19.0. The molecule has 0 aromatic heterocycles. The summed E-state index contributed by atoms with van der Waals surface area (Å²) < 4.78 is 27.1. The highest BCUT2D eigenvalue weighted by molar-refractivity contribution is 7.92. The van der Waals surface area contributed by atoms with Gasteiger partial charge in [-0.05, 0) is 36.4 Å². The minimum atomic E-state index is -4.04. The number of carboxylic acid groups (broad SMARTS) is 1. The zero-order valence-electron chi connectivity index (χ0n) is 12.7. The second-order valence-electron chi connectivity index (χ2n) is 4.94. The lowest BCUT2D eigenvalue weighted by atomic mass is 10.2. The second kappa shape index (κ2) is 7.30. The molecule has 0 saturated heterocycles. The van der Waals surface area contributed by atoms with Crippen LogP contribution in [0.5, 0.6) is 0 Å². The normalized spacial score (nSPS) is 11.0. The van der Waals surface area contributed by atoms with Crippen molar-refractivity contribution in [3.05, 3.63) is 52.0 Å². The van der Waals surface area contributed by atoms with Gasteiger partial charge in [0.15, 0.2) is 0 Å². The summed E-state index contributed by atoms with van der Waals surface area (Å²) in [6, 6.07) is 7.58. The van der Waals surface area contributed by atoms with Crippen LogP contribution in [0, 0.1) is 0 Å². The van der Waals surface area contributed by atoms with E-state index in [1.165, 1.54) is 31.2 Å². The smallest absolute Gasteiger partial charge is 0.335 e. The molecule has 0 aliphatic heterocycles. The quantitative estimate of drug-likeness (QED) is 0.708. The Bertz CT molecular complexity index is 943. The molecule has 0 atom stereocenters. The number of aromatic carboxylic acids is 1. The van der Waals surface area contributed by atoms with Crippen molar-refractivity contribution < 1.29 is 23.1 Å². The van der Waals surface area contributed by atoms with Crippen LogP contribution in [0.3, 0.4) is 0 Å². The van der Waals surface area contributed by atoms with Gasteiger partial charge in [-0.1, -0.05) is 23.2 Å². The largest absolute Gasteiger partial charge is 0.478 e. The Balaban J connectivity index is 2.35. The van der Waals surface area contributed by atoms with Crippen molar-refractivity contribution in [2.45, 2.75) is 11.8 Å². The molecule has 25 heavy (non-hydrogen) atoms. The van der Waals surface area contributed by atoms with E-state index in [2.05, 4.69) is 10.0 Å². The first-order valence-corrected chi connectivity index (χ1v) is 8.97. The Morgan fingerprint density at radius 1 is 1.08 bits per heavy atom. The number of benzene rings is 2. The average molecular weight is 403 g/mol. The molecule has 1 amide bonds. The summed E-state index contributed by atoms with van der Waals surface area (Å²) in [5.41, 5.74) is 0.0611. The summed E-state index contributed by atoms with van der Waals surface area (Å²) in [4.78, 5) is 21.9. The number of carbonyl (C=O) groups is 2. The van der Waals surface area contributed by atoms with Crippen LogP contribution < -0.4 is 10.0 Å². The zero-order chi connectivity index (χ0) is 18.8. The van der Waals surface area contributed by atoms with E-state index in [1.54, 1.807) is 0 Å². The Morgan fingerprint density at radius 2 is 1.68 bits per heavy atom. The minimum Gasteiger partial charge on any atom is -0.478 e. The highest BCUT2D eigenvalue weighted by Gasteiger charge is 2.19. The maximum atomic E-state index is 12.4. The summed E-state index contributed by atoms with van der Waals surface area (Å²) in [6.07, 6.45) is 0. The molecule has 0 saturated carbocycles. The molecule has 7 nitrogen and oxygen atoms in total. The molecule has 132 valence electrons. The molecule has 0 spiro atoms. The van der Waals surface area contributed by atoms with Gasteiger partial charge in [0.05, 0.1) is 26.2 Å². The van der Waals surface area contributed by atoms with Crippen molar-refractivity contribution in [1.82, 2.24) is 0 Å². The molecule has 0 heterocycles. The predicted octanol–water partition coefficient (Wildman–Crippen LogP) is 3.45. The predicted molar refractivity (Wildman–Crippen MR) is 95.0 cm³/mol. The van der Waals surface area contributed by atoms with Crippen LogP contribution in [0.2, 0.25) is 10.0 Å². The minimum absolute atomic E-state index is 0.0970. The number of carboxylic acids is 1. The Labute approximate surface area is 153 Å². The molecule has 0 aliphatic carbocycles. The van der Waals surface area contributed by atoms with Crippen molar-refractivity contribution in [2.75, 3.05) is 10.0 Å². The number of nitrogens with one attached hydrogen (secondary N) is 2. The molecule has 0 bridgehead atoms. The summed E-state index contributed by atoms with van der Waals surface area (Å²) in [6.45, 7) is 1.33. The number of hydrogen-bond acceptors (Lipinski definition) is 4. The monoisotopic (exact) mass is 402 g/mol. The van der Waals surface area contributed by atoms with Gasteiger partial charge in [0.2, 0.25) is 5.91 Å². The first-order valence-electron chi connectivity index (χ1n) is 6.73. The number of rotatable bonds is 5. The van der Waals surface area contributed by atoms with Crippen molar-refractivity contribution in [1.29, 1.82) is 0 Å². The highest BCUT2D eigenvalue weighted by Crippen LogP contribution is 2.33. The molecule has 2 aromatic rings. The average Bonchev–Trinajstić information content (AvgIpc) is 2.51. The van der Waals surface area contributed by atoms with Crippen molar-refractivity contribution in [2.24, 2.45) is 0 Å². The SMILES string of the molecule is CC(=O)Nc1ccc(S(=O)(=O)Nc2cc(C(=O)O)cc(Cl)c2Cl)cc1. The van der Waals surface area contributed by atoms with Crippen LogP contribution in [0.15, 0.2) is 41.3 Å². The number of sulfonamides is 1. The molecular weight excluding hydrogens is 391 g/mol. The third-order valence-corrected chi connectivity index (χ3v) is 5.19. The van der Waals surface area contributed by atoms with Gasteiger partial charge in [-0.25, -0.2) is 13.2 Å². The van der Waals surface area contributed by atoms with E-state index in [0.29, 0.717) is 5.69 Å². The van der Waals surface area contributed by atoms with Crippen LogP contribution in [-0.4, -0.2) is 25.4 Å². The second-order valence-corrected chi connectivity index (χ2v) is 7.40. The highest BCUT2D eigenvalue weighted by atomic mass is 35.5. The zero-order valence-corrected chi connectivity index (χ0v) is 15.0. The molecular formula is C15H12Cl2N2O5S. The Morgan fingerprint density at radius 3 is 2.20 bits per heavy atom. The van der Waals surface area contributed by atoms with Gasteiger partial charge in [-0.2, -0.15) is 0 Å². The molecule has 0 radical (unpaired) electrons. The van der Waals surface area contributed by atoms with Crippen LogP contribution in [-0.2, 0) is 14.8 Å². The van der Waals surface area contributed by atoms with E-state index < -0.39 is 16.0 Å². The number of carbonyl (C=O) groups excluding carboxylic acids is 1. The van der Waals surface area contributed by atoms with Gasteiger partial charge in [0, 0.05) is 12.6 Å². The van der Waals surface area contributed by atoms with Crippen molar-refractivity contribution in [3.63, 3.8) is 0 Å². The molecule has 0 unspecified atom stereocenters. The van der Waals surface area contributed by atoms with Crippen LogP contribution in [0.25, 0.3) is 0 Å². The summed E-state index contributed by atoms with van der Waals surface area (Å²) >= 11 is 11.8. The summed E-state index contributed by atoms with van der Waals surface area (Å²) in [7, 11) is -4.04. The van der Waals surface area contributed by atoms with Crippen molar-refractivity contribution >= 4 is 56.5 Å². The van der Waals surface area contributed by atoms with Gasteiger partial charge < -0.3 is 10.4 Å². The standard InChI is InChI=1S/C15H12Cl2N2O5S/c1-8(20)18-10-2-4-11(5-3-10)25(23,24)19-13-7-9(15(21)22)6-12(16)14(13)17/h2-7,19H,1H3,(H,18,20)(H,21,22). The molecule has 10 heteroatoms. The lowest BCUT2D eigenvalue weighted by molar-refractivity contribution is -0.114. The van der Waals surface area contributed by atoms with E-state index in [-0.39, 0.29) is 32.1 Å². The van der Waals surface area contributed by atoms with Gasteiger partial charge in [-0.15, -0.1) is 0 Å². The number of hydrogen-bond donors (Lipinski definition) is 3. The van der Waals surface area contributed by atoms with E-state index in [9.17, 15) is 18.0 Å². The van der Waals surface area contributed by atoms with Crippen LogP contribution in [0.4, 0.5) is 11.4 Å². The maximum Gasteiger partial charge on any atom is 0.335 e. The molecule has 0 aliphatic rings. The summed E-state index contributed by atoms with van der Waals surface area (Å²) in [5.74, 6) is -1.57. The fourth-order valence-electron chi connectivity index (χ4n) is 1.91. The number of amides is 1. The third-order valence-electron chi connectivity index (χ3n) is 3.00. The van der Waals surface area contributed by atoms with Crippen LogP contribution >= 0.6 is 23.2 Å². The van der Waals surface area contributed by atoms with E-state index in [1.807, 2.05) is 0 Å². The van der Waals surface area contributed by atoms with Crippen LogP contribution in [0.1, 0.15) is 17.3 Å². The summed E-state index contributed by atoms with van der Waals surface area (Å²) in [5, 5.41) is 11.3. The Hall–Kier alpha value is -2.29. The lowest BCUT2D eigenvalue weighted by Crippen LogP contribution is -2.14. The van der Waals surface area contributed by atoms with Gasteiger partial charge in [0.1, 0.15) is 0 Å². The number of anilines is 2. The van der Waals surface area contributed by atoms with Gasteiger partial charge in [-0.3, -0.25) is 9.52 Å².